The molecule has 0 aliphatic carbocycles. The van der Waals surface area contributed by atoms with Gasteiger partial charge in [0.2, 0.25) is 0 Å². The predicted molar refractivity (Wildman–Crippen MR) is 91.0 cm³/mol. The molecule has 0 unspecified atom stereocenters. The van der Waals surface area contributed by atoms with Crippen molar-refractivity contribution < 1.29 is 14.3 Å². The highest BCUT2D eigenvalue weighted by Gasteiger charge is 2.13. The lowest BCUT2D eigenvalue weighted by Gasteiger charge is -2.22. The number of nitrogens with one attached hydrogen (secondary N) is 1. The van der Waals surface area contributed by atoms with Crippen molar-refractivity contribution in [3.05, 3.63) is 48.0 Å². The Kier molecular flexibility index (Phi) is 8.06. The SMILES string of the molecule is C=CCN(Cc1cccc(C#N)c1)C(=O)NCCC(=O)OC(C)C. The van der Waals surface area contributed by atoms with Gasteiger partial charge in [-0.25, -0.2) is 4.79 Å². The first kappa shape index (κ1) is 19.2. The molecule has 0 aromatic heterocycles. The Bertz CT molecular complexity index is 620. The smallest absolute Gasteiger partial charge is 0.317 e. The van der Waals surface area contributed by atoms with Gasteiger partial charge in [-0.3, -0.25) is 4.79 Å². The second kappa shape index (κ2) is 10.1. The van der Waals surface area contributed by atoms with E-state index in [-0.39, 0.29) is 31.1 Å². The maximum atomic E-state index is 12.2. The van der Waals surface area contributed by atoms with E-state index in [2.05, 4.69) is 18.0 Å². The minimum absolute atomic E-state index is 0.121. The van der Waals surface area contributed by atoms with Crippen molar-refractivity contribution in [1.82, 2.24) is 10.2 Å². The zero-order valence-electron chi connectivity index (χ0n) is 14.1. The van der Waals surface area contributed by atoms with Crippen LogP contribution in [0.1, 0.15) is 31.4 Å². The predicted octanol–water partition coefficient (Wildman–Crippen LogP) is 2.60. The Hall–Kier alpha value is -2.81. The van der Waals surface area contributed by atoms with Crippen molar-refractivity contribution in [2.75, 3.05) is 13.1 Å². The maximum absolute atomic E-state index is 12.2. The van der Waals surface area contributed by atoms with Crippen LogP contribution < -0.4 is 5.32 Å². The van der Waals surface area contributed by atoms with Crippen molar-refractivity contribution >= 4 is 12.0 Å². The van der Waals surface area contributed by atoms with Gasteiger partial charge >= 0.3 is 12.0 Å². The summed E-state index contributed by atoms with van der Waals surface area (Å²) in [5.41, 5.74) is 1.40. The standard InChI is InChI=1S/C18H23N3O3/c1-4-10-21(13-16-7-5-6-15(11-16)12-19)18(23)20-9-8-17(22)24-14(2)3/h4-7,11,14H,1,8-10,13H2,2-3H3,(H,20,23). The Morgan fingerprint density at radius 3 is 2.83 bits per heavy atom. The molecular formula is C18H23N3O3. The van der Waals surface area contributed by atoms with Gasteiger partial charge in [-0.1, -0.05) is 18.2 Å². The number of urea groups is 1. The van der Waals surface area contributed by atoms with Crippen LogP contribution >= 0.6 is 0 Å². The highest BCUT2D eigenvalue weighted by molar-refractivity contribution is 5.75. The highest BCUT2D eigenvalue weighted by Crippen LogP contribution is 2.08. The van der Waals surface area contributed by atoms with Gasteiger partial charge in [0.15, 0.2) is 0 Å². The average molecular weight is 329 g/mol. The molecule has 0 radical (unpaired) electrons. The number of hydrogen-bond donors (Lipinski definition) is 1. The van der Waals surface area contributed by atoms with E-state index in [0.717, 1.165) is 5.56 Å². The van der Waals surface area contributed by atoms with Gasteiger partial charge in [-0.05, 0) is 31.5 Å². The molecule has 24 heavy (non-hydrogen) atoms. The third kappa shape index (κ3) is 6.97. The van der Waals surface area contributed by atoms with E-state index in [1.165, 1.54) is 0 Å². The Morgan fingerprint density at radius 2 is 2.21 bits per heavy atom. The zero-order valence-corrected chi connectivity index (χ0v) is 14.1. The summed E-state index contributed by atoms with van der Waals surface area (Å²) < 4.78 is 5.01. The van der Waals surface area contributed by atoms with E-state index in [9.17, 15) is 9.59 Å². The van der Waals surface area contributed by atoms with Crippen molar-refractivity contribution in [2.45, 2.75) is 32.9 Å². The molecular weight excluding hydrogens is 306 g/mol. The average Bonchev–Trinajstić information content (AvgIpc) is 2.53. The molecule has 0 heterocycles. The number of carbonyl (C=O) groups is 2. The summed E-state index contributed by atoms with van der Waals surface area (Å²) in [5.74, 6) is -0.345. The van der Waals surface area contributed by atoms with Crippen LogP contribution in [-0.4, -0.2) is 36.1 Å². The number of esters is 1. The molecule has 1 rings (SSSR count). The molecule has 128 valence electrons. The maximum Gasteiger partial charge on any atom is 0.317 e. The number of nitrogens with zero attached hydrogens (tertiary/aromatic N) is 2. The highest BCUT2D eigenvalue weighted by atomic mass is 16.5. The van der Waals surface area contributed by atoms with Crippen LogP contribution in [0.3, 0.4) is 0 Å². The van der Waals surface area contributed by atoms with Crippen LogP contribution in [-0.2, 0) is 16.1 Å². The van der Waals surface area contributed by atoms with Crippen LogP contribution in [0.4, 0.5) is 4.79 Å². The van der Waals surface area contributed by atoms with Crippen molar-refractivity contribution in [2.24, 2.45) is 0 Å². The number of amides is 2. The van der Waals surface area contributed by atoms with Crippen LogP contribution in [0.5, 0.6) is 0 Å². The van der Waals surface area contributed by atoms with Gasteiger partial charge in [0.05, 0.1) is 24.2 Å². The molecule has 0 bridgehead atoms. The van der Waals surface area contributed by atoms with E-state index in [4.69, 9.17) is 10.00 Å². The summed E-state index contributed by atoms with van der Waals surface area (Å²) in [7, 11) is 0. The van der Waals surface area contributed by atoms with Gasteiger partial charge < -0.3 is 15.0 Å². The quantitative estimate of drug-likeness (QED) is 0.587. The molecule has 6 heteroatoms. The summed E-state index contributed by atoms with van der Waals surface area (Å²) in [5, 5.41) is 11.6. The monoisotopic (exact) mass is 329 g/mol. The molecule has 1 aromatic rings. The Balaban J connectivity index is 2.57. The lowest BCUT2D eigenvalue weighted by molar-refractivity contribution is -0.147. The number of nitriles is 1. The summed E-state index contributed by atoms with van der Waals surface area (Å²) >= 11 is 0. The van der Waals surface area contributed by atoms with Gasteiger partial charge in [-0.2, -0.15) is 5.26 Å². The lowest BCUT2D eigenvalue weighted by Crippen LogP contribution is -2.40. The molecule has 2 amide bonds. The van der Waals surface area contributed by atoms with Gasteiger partial charge in [-0.15, -0.1) is 6.58 Å². The number of ether oxygens (including phenoxy) is 1. The van der Waals surface area contributed by atoms with Crippen LogP contribution in [0.25, 0.3) is 0 Å². The first-order valence-electron chi connectivity index (χ1n) is 7.78. The summed E-state index contributed by atoms with van der Waals surface area (Å²) in [4.78, 5) is 25.3. The molecule has 0 saturated heterocycles. The fourth-order valence-electron chi connectivity index (χ4n) is 2.04. The molecule has 1 N–H and O–H groups in total. The van der Waals surface area contributed by atoms with E-state index < -0.39 is 0 Å². The zero-order chi connectivity index (χ0) is 17.9. The van der Waals surface area contributed by atoms with Crippen LogP contribution in [0, 0.1) is 11.3 Å². The molecule has 0 spiro atoms. The second-order valence-electron chi connectivity index (χ2n) is 5.50. The molecule has 6 nitrogen and oxygen atoms in total. The van der Waals surface area contributed by atoms with Crippen LogP contribution in [0.2, 0.25) is 0 Å². The van der Waals surface area contributed by atoms with Gasteiger partial charge in [0, 0.05) is 19.6 Å². The third-order valence-electron chi connectivity index (χ3n) is 3.04. The summed E-state index contributed by atoms with van der Waals surface area (Å²) in [6.07, 6.45) is 1.58. The van der Waals surface area contributed by atoms with Gasteiger partial charge in [0.25, 0.3) is 0 Å². The Morgan fingerprint density at radius 1 is 1.46 bits per heavy atom. The first-order chi connectivity index (χ1) is 11.5. The molecule has 0 saturated carbocycles. The fourth-order valence-corrected chi connectivity index (χ4v) is 2.04. The Labute approximate surface area is 142 Å². The third-order valence-corrected chi connectivity index (χ3v) is 3.04. The summed E-state index contributed by atoms with van der Waals surface area (Å²) in [6.45, 7) is 8.12. The second-order valence-corrected chi connectivity index (χ2v) is 5.50. The lowest BCUT2D eigenvalue weighted by atomic mass is 10.1. The molecule has 0 aliphatic heterocycles. The molecule has 0 atom stereocenters. The van der Waals surface area contributed by atoms with Gasteiger partial charge in [0.1, 0.15) is 0 Å². The molecule has 0 aliphatic rings. The summed E-state index contributed by atoms with van der Waals surface area (Å²) in [6, 6.07) is 8.86. The number of rotatable bonds is 8. The van der Waals surface area contributed by atoms with Crippen molar-refractivity contribution in [3.63, 3.8) is 0 Å². The first-order valence-corrected chi connectivity index (χ1v) is 7.78. The largest absolute Gasteiger partial charge is 0.463 e. The van der Waals surface area contributed by atoms with E-state index in [0.29, 0.717) is 18.7 Å². The van der Waals surface area contributed by atoms with E-state index in [1.54, 1.807) is 43.0 Å². The van der Waals surface area contributed by atoms with Crippen LogP contribution in [0.15, 0.2) is 36.9 Å². The van der Waals surface area contributed by atoms with E-state index >= 15 is 0 Å². The number of benzene rings is 1. The van der Waals surface area contributed by atoms with Crippen molar-refractivity contribution in [3.8, 4) is 6.07 Å². The van der Waals surface area contributed by atoms with Crippen molar-refractivity contribution in [1.29, 1.82) is 5.26 Å². The minimum Gasteiger partial charge on any atom is -0.463 e. The topological polar surface area (TPSA) is 82.4 Å². The molecule has 1 aromatic carbocycles. The fraction of sp³-hybridized carbons (Fsp3) is 0.389. The normalized spacial score (nSPS) is 9.92. The number of hydrogen-bond acceptors (Lipinski definition) is 4. The minimum atomic E-state index is -0.345. The number of carbonyl (C=O) groups excluding carboxylic acids is 2. The molecule has 0 fully saturated rings. The van der Waals surface area contributed by atoms with E-state index in [1.807, 2.05) is 6.07 Å².